The van der Waals surface area contributed by atoms with Crippen molar-refractivity contribution in [2.24, 2.45) is 0 Å². The molecule has 3 nitrogen and oxygen atoms in total. The Morgan fingerprint density at radius 2 is 2.40 bits per heavy atom. The maximum absolute atomic E-state index is 11.8. The summed E-state index contributed by atoms with van der Waals surface area (Å²) in [7, 11) is 0. The molecule has 3 heteroatoms. The molecule has 15 heavy (non-hydrogen) atoms. The number of Topliss-reactive ketones (excluding diaryl/α,β-unsaturated/α-hetero) is 1. The van der Waals surface area contributed by atoms with Crippen LogP contribution in [0.4, 0.5) is 0 Å². The second kappa shape index (κ2) is 4.26. The van der Waals surface area contributed by atoms with Crippen LogP contribution in [0, 0.1) is 0 Å². The lowest BCUT2D eigenvalue weighted by atomic mass is 10.1. The maximum Gasteiger partial charge on any atom is 0.165 e. The molecule has 78 valence electrons. The molecule has 0 radical (unpaired) electrons. The van der Waals surface area contributed by atoms with Gasteiger partial charge < -0.3 is 4.98 Å². The number of carbonyl (C=O) groups is 1. The normalized spacial score (nSPS) is 10.7. The van der Waals surface area contributed by atoms with Gasteiger partial charge >= 0.3 is 0 Å². The van der Waals surface area contributed by atoms with E-state index in [1.54, 1.807) is 18.6 Å². The first-order valence-corrected chi connectivity index (χ1v) is 5.27. The highest BCUT2D eigenvalue weighted by atomic mass is 16.1. The van der Waals surface area contributed by atoms with Gasteiger partial charge in [0.15, 0.2) is 5.78 Å². The number of H-pyrrole nitrogens is 1. The topological polar surface area (TPSA) is 45.8 Å². The van der Waals surface area contributed by atoms with Crippen LogP contribution in [0.25, 0.3) is 10.9 Å². The lowest BCUT2D eigenvalue weighted by molar-refractivity contribution is 0.0981. The molecular weight excluding hydrogens is 188 g/mol. The first-order chi connectivity index (χ1) is 7.33. The highest BCUT2D eigenvalue weighted by Gasteiger charge is 2.10. The van der Waals surface area contributed by atoms with Crippen molar-refractivity contribution < 1.29 is 4.79 Å². The van der Waals surface area contributed by atoms with Gasteiger partial charge in [-0.3, -0.25) is 9.78 Å². The van der Waals surface area contributed by atoms with E-state index in [9.17, 15) is 4.79 Å². The number of unbranched alkanes of at least 4 members (excludes halogenated alkanes) is 1. The molecule has 0 aliphatic rings. The minimum Gasteiger partial charge on any atom is -0.360 e. The fraction of sp³-hybridized carbons (Fsp3) is 0.333. The Labute approximate surface area is 88.5 Å². The molecule has 2 aromatic rings. The quantitative estimate of drug-likeness (QED) is 0.775. The van der Waals surface area contributed by atoms with E-state index >= 15 is 0 Å². The number of ketones is 1. The summed E-state index contributed by atoms with van der Waals surface area (Å²) in [6.45, 7) is 2.09. The number of aromatic nitrogens is 2. The largest absolute Gasteiger partial charge is 0.360 e. The van der Waals surface area contributed by atoms with Crippen molar-refractivity contribution >= 4 is 16.7 Å². The fourth-order valence-corrected chi connectivity index (χ4v) is 1.67. The van der Waals surface area contributed by atoms with Crippen LogP contribution in [0.3, 0.4) is 0 Å². The average Bonchev–Trinajstić information content (AvgIpc) is 2.69. The Morgan fingerprint density at radius 1 is 1.53 bits per heavy atom. The number of nitrogens with one attached hydrogen (secondary N) is 1. The van der Waals surface area contributed by atoms with Crippen molar-refractivity contribution in [1.29, 1.82) is 0 Å². The predicted molar refractivity (Wildman–Crippen MR) is 59.9 cm³/mol. The van der Waals surface area contributed by atoms with Crippen molar-refractivity contribution in [2.75, 3.05) is 0 Å². The molecule has 0 aliphatic heterocycles. The SMILES string of the molecule is CCCCC(=O)c1c[nH]c2ccncc12. The third-order valence-corrected chi connectivity index (χ3v) is 2.54. The predicted octanol–water partition coefficient (Wildman–Crippen LogP) is 2.94. The van der Waals surface area contributed by atoms with Crippen molar-refractivity contribution in [3.8, 4) is 0 Å². The molecule has 0 saturated carbocycles. The molecule has 2 aromatic heterocycles. The van der Waals surface area contributed by atoms with Crippen LogP contribution >= 0.6 is 0 Å². The van der Waals surface area contributed by atoms with Gasteiger partial charge in [-0.15, -0.1) is 0 Å². The van der Waals surface area contributed by atoms with Gasteiger partial charge in [0.1, 0.15) is 0 Å². The summed E-state index contributed by atoms with van der Waals surface area (Å²) in [5, 5.41) is 0.929. The number of nitrogens with zero attached hydrogens (tertiary/aromatic N) is 1. The van der Waals surface area contributed by atoms with E-state index in [1.807, 2.05) is 6.07 Å². The molecule has 0 aliphatic carbocycles. The first-order valence-electron chi connectivity index (χ1n) is 5.27. The zero-order valence-electron chi connectivity index (χ0n) is 8.79. The molecule has 0 unspecified atom stereocenters. The molecule has 0 aromatic carbocycles. The molecule has 2 rings (SSSR count). The Kier molecular flexibility index (Phi) is 2.81. The number of hydrogen-bond donors (Lipinski definition) is 1. The second-order valence-corrected chi connectivity index (χ2v) is 3.65. The third-order valence-electron chi connectivity index (χ3n) is 2.54. The van der Waals surface area contributed by atoms with Gasteiger partial charge in [0.2, 0.25) is 0 Å². The molecule has 0 saturated heterocycles. The highest BCUT2D eigenvalue weighted by molar-refractivity contribution is 6.07. The van der Waals surface area contributed by atoms with Gasteiger partial charge in [-0.25, -0.2) is 0 Å². The summed E-state index contributed by atoms with van der Waals surface area (Å²) in [5.74, 6) is 0.205. The summed E-state index contributed by atoms with van der Waals surface area (Å²) >= 11 is 0. The van der Waals surface area contributed by atoms with Crippen LogP contribution in [0.15, 0.2) is 24.7 Å². The minimum atomic E-state index is 0.205. The van der Waals surface area contributed by atoms with Crippen LogP contribution < -0.4 is 0 Å². The number of aromatic amines is 1. The number of fused-ring (bicyclic) bond motifs is 1. The maximum atomic E-state index is 11.8. The van der Waals surface area contributed by atoms with Gasteiger partial charge in [-0.1, -0.05) is 13.3 Å². The van der Waals surface area contributed by atoms with Gasteiger partial charge in [-0.2, -0.15) is 0 Å². The van der Waals surface area contributed by atoms with E-state index in [2.05, 4.69) is 16.9 Å². The molecule has 1 N–H and O–H groups in total. The Morgan fingerprint density at radius 3 is 3.20 bits per heavy atom. The third kappa shape index (κ3) is 1.91. The minimum absolute atomic E-state index is 0.205. The summed E-state index contributed by atoms with van der Waals surface area (Å²) in [6, 6.07) is 1.88. The van der Waals surface area contributed by atoms with Crippen molar-refractivity contribution in [3.63, 3.8) is 0 Å². The number of pyridine rings is 1. The summed E-state index contributed by atoms with van der Waals surface area (Å²) in [6.07, 6.45) is 7.87. The second-order valence-electron chi connectivity index (χ2n) is 3.65. The van der Waals surface area contributed by atoms with E-state index in [1.165, 1.54) is 0 Å². The molecular formula is C12H14N2O. The van der Waals surface area contributed by atoms with Gasteiger partial charge in [0.25, 0.3) is 0 Å². The van der Waals surface area contributed by atoms with Crippen LogP contribution in [0.5, 0.6) is 0 Å². The van der Waals surface area contributed by atoms with Crippen LogP contribution in [0.2, 0.25) is 0 Å². The zero-order valence-corrected chi connectivity index (χ0v) is 8.79. The van der Waals surface area contributed by atoms with Crippen molar-refractivity contribution in [3.05, 3.63) is 30.2 Å². The Hall–Kier alpha value is -1.64. The molecule has 0 amide bonds. The van der Waals surface area contributed by atoms with E-state index in [4.69, 9.17) is 0 Å². The lowest BCUT2D eigenvalue weighted by Gasteiger charge is -1.97. The molecule has 0 bridgehead atoms. The van der Waals surface area contributed by atoms with Gasteiger partial charge in [0, 0.05) is 41.5 Å². The monoisotopic (exact) mass is 202 g/mol. The zero-order chi connectivity index (χ0) is 10.7. The van der Waals surface area contributed by atoms with E-state index in [0.717, 1.165) is 29.3 Å². The summed E-state index contributed by atoms with van der Waals surface area (Å²) in [4.78, 5) is 19.0. The lowest BCUT2D eigenvalue weighted by Crippen LogP contribution is -1.97. The van der Waals surface area contributed by atoms with E-state index in [0.29, 0.717) is 6.42 Å². The summed E-state index contributed by atoms with van der Waals surface area (Å²) in [5.41, 5.74) is 1.75. The summed E-state index contributed by atoms with van der Waals surface area (Å²) < 4.78 is 0. The Bertz CT molecular complexity index is 473. The van der Waals surface area contributed by atoms with Crippen molar-refractivity contribution in [1.82, 2.24) is 9.97 Å². The van der Waals surface area contributed by atoms with Crippen LogP contribution in [-0.4, -0.2) is 15.8 Å². The van der Waals surface area contributed by atoms with Crippen LogP contribution in [-0.2, 0) is 0 Å². The molecule has 2 heterocycles. The molecule has 0 fully saturated rings. The molecule has 0 atom stereocenters. The van der Waals surface area contributed by atoms with Crippen molar-refractivity contribution in [2.45, 2.75) is 26.2 Å². The van der Waals surface area contributed by atoms with Gasteiger partial charge in [-0.05, 0) is 12.5 Å². The van der Waals surface area contributed by atoms with E-state index in [-0.39, 0.29) is 5.78 Å². The fourth-order valence-electron chi connectivity index (χ4n) is 1.67. The van der Waals surface area contributed by atoms with Crippen LogP contribution in [0.1, 0.15) is 36.5 Å². The smallest absolute Gasteiger partial charge is 0.165 e. The highest BCUT2D eigenvalue weighted by Crippen LogP contribution is 2.18. The number of carbonyl (C=O) groups excluding carboxylic acids is 1. The Balaban J connectivity index is 2.31. The van der Waals surface area contributed by atoms with E-state index < -0.39 is 0 Å². The average molecular weight is 202 g/mol. The first kappa shape index (κ1) is 9.90. The number of rotatable bonds is 4. The number of hydrogen-bond acceptors (Lipinski definition) is 2. The van der Waals surface area contributed by atoms with Gasteiger partial charge in [0.05, 0.1) is 0 Å². The standard InChI is InChI=1S/C12H14N2O/c1-2-3-4-12(15)10-8-14-11-5-6-13-7-9(10)11/h5-8,14H,2-4H2,1H3. The molecule has 0 spiro atoms.